The number of halogens is 4. The average Bonchev–Trinajstić information content (AvgIpc) is 2.59. The minimum absolute atomic E-state index is 0.168. The normalized spacial score (nSPS) is 13.2. The molecular weight excluding hydrogens is 309 g/mol. The van der Waals surface area contributed by atoms with Crippen LogP contribution in [0.5, 0.6) is 0 Å². The van der Waals surface area contributed by atoms with E-state index in [1.54, 1.807) is 13.8 Å². The molecule has 0 aliphatic heterocycles. The molecule has 110 valence electrons. The van der Waals surface area contributed by atoms with Crippen LogP contribution in [-0.2, 0) is 20.3 Å². The van der Waals surface area contributed by atoms with Crippen molar-refractivity contribution in [1.29, 1.82) is 0 Å². The highest BCUT2D eigenvalue weighted by molar-refractivity contribution is 8.13. The van der Waals surface area contributed by atoms with Crippen LogP contribution in [0.3, 0.4) is 0 Å². The predicted molar refractivity (Wildman–Crippen MR) is 61.4 cm³/mol. The van der Waals surface area contributed by atoms with E-state index in [2.05, 4.69) is 9.72 Å². The van der Waals surface area contributed by atoms with E-state index >= 15 is 0 Å². The van der Waals surface area contributed by atoms with Gasteiger partial charge in [-0.2, -0.15) is 0 Å². The topological polar surface area (TPSA) is 61.2 Å². The first-order valence-corrected chi connectivity index (χ1v) is 7.54. The van der Waals surface area contributed by atoms with Crippen molar-refractivity contribution in [3.63, 3.8) is 0 Å². The van der Waals surface area contributed by atoms with E-state index < -0.39 is 22.0 Å². The quantitative estimate of drug-likeness (QED) is 0.782. The molecule has 0 saturated carbocycles. The zero-order valence-electron chi connectivity index (χ0n) is 10.1. The van der Waals surface area contributed by atoms with Crippen LogP contribution in [0.1, 0.15) is 25.6 Å². The third-order valence-electron chi connectivity index (χ3n) is 2.15. The summed E-state index contributed by atoms with van der Waals surface area (Å²) in [5.74, 6) is 0.156. The molecule has 5 nitrogen and oxygen atoms in total. The Morgan fingerprint density at radius 2 is 2.05 bits per heavy atom. The summed E-state index contributed by atoms with van der Waals surface area (Å²) in [4.78, 5) is 3.80. The van der Waals surface area contributed by atoms with Crippen molar-refractivity contribution >= 4 is 19.7 Å². The Balaban J connectivity index is 2.90. The van der Waals surface area contributed by atoms with Crippen molar-refractivity contribution in [3.05, 3.63) is 12.0 Å². The van der Waals surface area contributed by atoms with E-state index in [4.69, 9.17) is 10.7 Å². The van der Waals surface area contributed by atoms with Gasteiger partial charge in [-0.3, -0.25) is 4.74 Å². The highest BCUT2D eigenvalue weighted by Crippen LogP contribution is 2.21. The van der Waals surface area contributed by atoms with E-state index in [-0.39, 0.29) is 17.5 Å². The smallest absolute Gasteiger partial charge is 0.331 e. The molecule has 1 rings (SSSR count). The Morgan fingerprint density at radius 3 is 2.47 bits per heavy atom. The van der Waals surface area contributed by atoms with E-state index in [9.17, 15) is 21.6 Å². The van der Waals surface area contributed by atoms with Crippen LogP contribution < -0.4 is 0 Å². The SMILES string of the molecule is CC(C)c1nc(S(=O)(=O)Cl)cn1CCOC(F)(F)F. The van der Waals surface area contributed by atoms with Gasteiger partial charge in [0.2, 0.25) is 0 Å². The van der Waals surface area contributed by atoms with Crippen LogP contribution in [0.25, 0.3) is 0 Å². The summed E-state index contributed by atoms with van der Waals surface area (Å²) in [5, 5.41) is -0.384. The zero-order chi connectivity index (χ0) is 14.8. The molecule has 10 heteroatoms. The lowest BCUT2D eigenvalue weighted by molar-refractivity contribution is -0.325. The molecule has 1 heterocycles. The van der Waals surface area contributed by atoms with Gasteiger partial charge >= 0.3 is 6.36 Å². The van der Waals surface area contributed by atoms with Crippen molar-refractivity contribution in [2.24, 2.45) is 0 Å². The lowest BCUT2D eigenvalue weighted by Crippen LogP contribution is -2.18. The first-order chi connectivity index (χ1) is 8.50. The van der Waals surface area contributed by atoms with Gasteiger partial charge < -0.3 is 4.57 Å². The number of hydrogen-bond acceptors (Lipinski definition) is 4. The summed E-state index contributed by atoms with van der Waals surface area (Å²) in [6.07, 6.45) is -3.63. The summed E-state index contributed by atoms with van der Waals surface area (Å²) >= 11 is 0. The molecule has 0 spiro atoms. The first kappa shape index (κ1) is 16.3. The summed E-state index contributed by atoms with van der Waals surface area (Å²) < 4.78 is 62.7. The van der Waals surface area contributed by atoms with Gasteiger partial charge in [0.05, 0.1) is 6.61 Å². The molecule has 0 aliphatic carbocycles. The van der Waals surface area contributed by atoms with E-state index in [0.29, 0.717) is 5.82 Å². The van der Waals surface area contributed by atoms with Crippen LogP contribution in [0, 0.1) is 0 Å². The summed E-state index contributed by atoms with van der Waals surface area (Å²) in [6, 6.07) is 0. The fourth-order valence-electron chi connectivity index (χ4n) is 1.42. The monoisotopic (exact) mass is 320 g/mol. The molecule has 1 aromatic heterocycles. The zero-order valence-corrected chi connectivity index (χ0v) is 11.7. The number of rotatable bonds is 5. The minimum Gasteiger partial charge on any atom is -0.331 e. The number of aromatic nitrogens is 2. The molecule has 0 aromatic carbocycles. The summed E-state index contributed by atoms with van der Waals surface area (Å²) in [7, 11) is 1.13. The molecule has 1 aromatic rings. The number of imidazole rings is 1. The highest BCUT2D eigenvalue weighted by Gasteiger charge is 2.29. The van der Waals surface area contributed by atoms with Gasteiger partial charge in [-0.05, 0) is 0 Å². The van der Waals surface area contributed by atoms with E-state index in [1.807, 2.05) is 0 Å². The second kappa shape index (κ2) is 5.68. The van der Waals surface area contributed by atoms with E-state index in [0.717, 1.165) is 6.20 Å². The van der Waals surface area contributed by atoms with Crippen molar-refractivity contribution < 1.29 is 26.3 Å². The third-order valence-corrected chi connectivity index (χ3v) is 3.32. The molecule has 0 atom stereocenters. The molecule has 0 bridgehead atoms. The van der Waals surface area contributed by atoms with Crippen LogP contribution >= 0.6 is 10.7 Å². The second-order valence-electron chi connectivity index (χ2n) is 4.02. The molecule has 0 aliphatic rings. The number of alkyl halides is 3. The molecular formula is C9H12ClF3N2O3S. The Bertz CT molecular complexity index is 539. The van der Waals surface area contributed by atoms with Gasteiger partial charge in [0, 0.05) is 29.3 Å². The molecule has 0 fully saturated rings. The lowest BCUT2D eigenvalue weighted by Gasteiger charge is -2.11. The Morgan fingerprint density at radius 1 is 1.47 bits per heavy atom. The van der Waals surface area contributed by atoms with Crippen LogP contribution in [0.15, 0.2) is 11.2 Å². The number of nitrogens with zero attached hydrogens (tertiary/aromatic N) is 2. The average molecular weight is 321 g/mol. The standard InChI is InChI=1S/C9H12ClF3N2O3S/c1-6(2)8-14-7(19(10,16)17)5-15(8)3-4-18-9(11,12)13/h5-6H,3-4H2,1-2H3. The third kappa shape index (κ3) is 5.00. The maximum atomic E-state index is 11.8. The van der Waals surface area contributed by atoms with Crippen LogP contribution in [0.2, 0.25) is 0 Å². The Hall–Kier alpha value is -0.800. The minimum atomic E-state index is -4.72. The summed E-state index contributed by atoms with van der Waals surface area (Å²) in [6.45, 7) is 2.65. The highest BCUT2D eigenvalue weighted by atomic mass is 35.7. The molecule has 0 radical (unpaired) electrons. The van der Waals surface area contributed by atoms with Gasteiger partial charge in [-0.15, -0.1) is 13.2 Å². The maximum absolute atomic E-state index is 11.8. The second-order valence-corrected chi connectivity index (χ2v) is 6.53. The molecule has 0 N–H and O–H groups in total. The molecule has 0 amide bonds. The largest absolute Gasteiger partial charge is 0.522 e. The fraction of sp³-hybridized carbons (Fsp3) is 0.667. The predicted octanol–water partition coefficient (Wildman–Crippen LogP) is 2.47. The number of ether oxygens (including phenoxy) is 1. The van der Waals surface area contributed by atoms with Crippen molar-refractivity contribution in [3.8, 4) is 0 Å². The van der Waals surface area contributed by atoms with Gasteiger partial charge in [-0.1, -0.05) is 13.8 Å². The summed E-state index contributed by atoms with van der Waals surface area (Å²) in [5.41, 5.74) is 0. The van der Waals surface area contributed by atoms with E-state index in [1.165, 1.54) is 4.57 Å². The van der Waals surface area contributed by atoms with Crippen molar-refractivity contribution in [1.82, 2.24) is 9.55 Å². The molecule has 19 heavy (non-hydrogen) atoms. The number of hydrogen-bond donors (Lipinski definition) is 0. The van der Waals surface area contributed by atoms with Gasteiger partial charge in [0.15, 0.2) is 5.03 Å². The van der Waals surface area contributed by atoms with Crippen molar-refractivity contribution in [2.45, 2.75) is 37.7 Å². The first-order valence-electron chi connectivity index (χ1n) is 5.23. The van der Waals surface area contributed by atoms with Gasteiger partial charge in [0.25, 0.3) is 9.05 Å². The fourth-order valence-corrected chi connectivity index (χ4v) is 2.10. The Kier molecular flexibility index (Phi) is 4.86. The maximum Gasteiger partial charge on any atom is 0.522 e. The van der Waals surface area contributed by atoms with Gasteiger partial charge in [0.1, 0.15) is 5.82 Å². The van der Waals surface area contributed by atoms with Crippen LogP contribution in [0.4, 0.5) is 13.2 Å². The van der Waals surface area contributed by atoms with Gasteiger partial charge in [-0.25, -0.2) is 13.4 Å². The molecule has 0 unspecified atom stereocenters. The Labute approximate surface area is 112 Å². The molecule has 0 saturated heterocycles. The van der Waals surface area contributed by atoms with Crippen molar-refractivity contribution in [2.75, 3.05) is 6.61 Å². The lowest BCUT2D eigenvalue weighted by atomic mass is 10.2. The van der Waals surface area contributed by atoms with Crippen LogP contribution in [-0.4, -0.2) is 30.9 Å².